The number of hydrogen-bond acceptors (Lipinski definition) is 4. The normalized spacial score (nSPS) is 13.9. The van der Waals surface area contributed by atoms with Crippen LogP contribution in [0.15, 0.2) is 0 Å². The van der Waals surface area contributed by atoms with E-state index in [9.17, 15) is 19.2 Å². The van der Waals surface area contributed by atoms with Gasteiger partial charge in [-0.3, -0.25) is 14.4 Å². The first kappa shape index (κ1) is 18.9. The summed E-state index contributed by atoms with van der Waals surface area (Å²) >= 11 is 0. The second-order valence-electron chi connectivity index (χ2n) is 5.85. The summed E-state index contributed by atoms with van der Waals surface area (Å²) in [7, 11) is 0. The molecule has 0 rings (SSSR count). The Labute approximate surface area is 123 Å². The van der Waals surface area contributed by atoms with Gasteiger partial charge in [-0.25, -0.2) is 4.79 Å². The van der Waals surface area contributed by atoms with Gasteiger partial charge in [-0.05, 0) is 13.3 Å². The molecule has 5 N–H and O–H groups in total. The van der Waals surface area contributed by atoms with Gasteiger partial charge in [0.1, 0.15) is 12.1 Å². The summed E-state index contributed by atoms with van der Waals surface area (Å²) in [6.45, 7) is 6.53. The minimum absolute atomic E-state index is 0.101. The first-order valence-corrected chi connectivity index (χ1v) is 6.57. The van der Waals surface area contributed by atoms with E-state index in [-0.39, 0.29) is 18.7 Å². The van der Waals surface area contributed by atoms with Gasteiger partial charge in [0.25, 0.3) is 0 Å². The average Bonchev–Trinajstić information content (AvgIpc) is 2.31. The maximum absolute atomic E-state index is 11.9. The molecule has 21 heavy (non-hydrogen) atoms. The lowest BCUT2D eigenvalue weighted by molar-refractivity contribution is -0.142. The van der Waals surface area contributed by atoms with E-state index in [1.54, 1.807) is 20.8 Å². The number of carboxylic acids is 1. The third-order valence-corrected chi connectivity index (χ3v) is 2.72. The Kier molecular flexibility index (Phi) is 6.84. The van der Waals surface area contributed by atoms with Crippen LogP contribution in [-0.2, 0) is 19.2 Å². The summed E-state index contributed by atoms with van der Waals surface area (Å²) in [6, 6.07) is -2.11. The van der Waals surface area contributed by atoms with Crippen LogP contribution in [0, 0.1) is 5.41 Å². The molecule has 2 atom stereocenters. The average molecular weight is 301 g/mol. The Morgan fingerprint density at radius 1 is 1.14 bits per heavy atom. The van der Waals surface area contributed by atoms with Crippen molar-refractivity contribution >= 4 is 23.7 Å². The molecule has 3 amide bonds. The lowest BCUT2D eigenvalue weighted by Crippen LogP contribution is -2.52. The van der Waals surface area contributed by atoms with Gasteiger partial charge in [-0.2, -0.15) is 0 Å². The predicted octanol–water partition coefficient (Wildman–Crippen LogP) is -0.628. The molecule has 0 aromatic rings. The summed E-state index contributed by atoms with van der Waals surface area (Å²) < 4.78 is 0. The van der Waals surface area contributed by atoms with E-state index in [4.69, 9.17) is 10.8 Å². The van der Waals surface area contributed by atoms with Crippen molar-refractivity contribution in [3.8, 4) is 0 Å². The van der Waals surface area contributed by atoms with Crippen molar-refractivity contribution in [3.05, 3.63) is 0 Å². The van der Waals surface area contributed by atoms with Crippen LogP contribution in [0.5, 0.6) is 0 Å². The molecule has 1 unspecified atom stereocenters. The molecular formula is C13H23N3O5. The van der Waals surface area contributed by atoms with Crippen molar-refractivity contribution in [2.75, 3.05) is 0 Å². The van der Waals surface area contributed by atoms with Crippen LogP contribution in [0.25, 0.3) is 0 Å². The minimum Gasteiger partial charge on any atom is -0.480 e. The zero-order valence-electron chi connectivity index (χ0n) is 12.7. The first-order valence-electron chi connectivity index (χ1n) is 6.57. The van der Waals surface area contributed by atoms with Crippen molar-refractivity contribution in [1.82, 2.24) is 10.6 Å². The molecule has 0 heterocycles. The molecule has 0 aromatic heterocycles. The summed E-state index contributed by atoms with van der Waals surface area (Å²) in [5, 5.41) is 13.7. The maximum Gasteiger partial charge on any atom is 0.326 e. The molecule has 0 radical (unpaired) electrons. The van der Waals surface area contributed by atoms with Gasteiger partial charge < -0.3 is 21.5 Å². The second kappa shape index (κ2) is 7.61. The molecule has 0 bridgehead atoms. The van der Waals surface area contributed by atoms with Crippen LogP contribution in [0.3, 0.4) is 0 Å². The summed E-state index contributed by atoms with van der Waals surface area (Å²) in [5.74, 6) is -2.87. The molecule has 8 nitrogen and oxygen atoms in total. The number of carboxylic acid groups (broad SMARTS) is 1. The van der Waals surface area contributed by atoms with Gasteiger partial charge in [0.15, 0.2) is 0 Å². The van der Waals surface area contributed by atoms with E-state index in [2.05, 4.69) is 10.6 Å². The smallest absolute Gasteiger partial charge is 0.326 e. The molecule has 0 fully saturated rings. The first-order chi connectivity index (χ1) is 9.45. The second-order valence-corrected chi connectivity index (χ2v) is 5.85. The van der Waals surface area contributed by atoms with Crippen molar-refractivity contribution in [2.24, 2.45) is 11.1 Å². The van der Waals surface area contributed by atoms with Crippen molar-refractivity contribution in [2.45, 2.75) is 52.6 Å². The standard InChI is InChI=1S/C13H23N3O5/c1-7(15-12(21)13(2,3)4)10(18)16-8(11(19)20)5-6-9(14)17/h7-8H,5-6H2,1-4H3,(H2,14,17)(H,15,21)(H,16,18)(H,19,20)/t7?,8-/m0/s1. The van der Waals surface area contributed by atoms with E-state index >= 15 is 0 Å². The number of nitrogens with one attached hydrogen (secondary N) is 2. The summed E-state index contributed by atoms with van der Waals surface area (Å²) in [5.41, 5.74) is 4.28. The molecule has 0 aliphatic rings. The highest BCUT2D eigenvalue weighted by molar-refractivity contribution is 5.91. The van der Waals surface area contributed by atoms with Crippen molar-refractivity contribution in [1.29, 1.82) is 0 Å². The van der Waals surface area contributed by atoms with Gasteiger partial charge in [0, 0.05) is 11.8 Å². The highest BCUT2D eigenvalue weighted by Gasteiger charge is 2.27. The molecule has 0 aliphatic carbocycles. The van der Waals surface area contributed by atoms with Gasteiger partial charge in [-0.15, -0.1) is 0 Å². The van der Waals surface area contributed by atoms with E-state index in [0.717, 1.165) is 0 Å². The largest absolute Gasteiger partial charge is 0.480 e. The van der Waals surface area contributed by atoms with Crippen LogP contribution in [-0.4, -0.2) is 40.9 Å². The number of carbonyl (C=O) groups is 4. The predicted molar refractivity (Wildman–Crippen MR) is 75.1 cm³/mol. The Morgan fingerprint density at radius 2 is 1.67 bits per heavy atom. The topological polar surface area (TPSA) is 139 Å². The lowest BCUT2D eigenvalue weighted by Gasteiger charge is -2.22. The number of aliphatic carboxylic acids is 1. The van der Waals surface area contributed by atoms with Crippen LogP contribution in [0.1, 0.15) is 40.5 Å². The van der Waals surface area contributed by atoms with Gasteiger partial charge in [0.2, 0.25) is 17.7 Å². The number of nitrogens with two attached hydrogens (primary N) is 1. The Bertz CT molecular complexity index is 428. The van der Waals surface area contributed by atoms with Crippen LogP contribution in [0.4, 0.5) is 0 Å². The molecule has 8 heteroatoms. The number of rotatable bonds is 7. The van der Waals surface area contributed by atoms with Gasteiger partial charge in [0.05, 0.1) is 0 Å². The number of primary amides is 1. The van der Waals surface area contributed by atoms with E-state index < -0.39 is 35.3 Å². The molecule has 0 aliphatic heterocycles. The Hall–Kier alpha value is -2.12. The molecular weight excluding hydrogens is 278 g/mol. The summed E-state index contributed by atoms with van der Waals surface area (Å²) in [6.07, 6.45) is -0.254. The number of carbonyl (C=O) groups excluding carboxylic acids is 3. The Balaban J connectivity index is 4.58. The fraction of sp³-hybridized carbons (Fsp3) is 0.692. The van der Waals surface area contributed by atoms with Crippen LogP contribution < -0.4 is 16.4 Å². The van der Waals surface area contributed by atoms with E-state index in [1.165, 1.54) is 6.92 Å². The van der Waals surface area contributed by atoms with Crippen LogP contribution >= 0.6 is 0 Å². The molecule has 0 saturated carbocycles. The molecule has 0 spiro atoms. The minimum atomic E-state index is -1.26. The fourth-order valence-electron chi connectivity index (χ4n) is 1.32. The highest BCUT2D eigenvalue weighted by atomic mass is 16.4. The Morgan fingerprint density at radius 3 is 2.05 bits per heavy atom. The van der Waals surface area contributed by atoms with Crippen molar-refractivity contribution < 1.29 is 24.3 Å². The third-order valence-electron chi connectivity index (χ3n) is 2.72. The highest BCUT2D eigenvalue weighted by Crippen LogP contribution is 2.12. The van der Waals surface area contributed by atoms with E-state index in [0.29, 0.717) is 0 Å². The summed E-state index contributed by atoms with van der Waals surface area (Å²) in [4.78, 5) is 45.3. The monoisotopic (exact) mass is 301 g/mol. The van der Waals surface area contributed by atoms with E-state index in [1.807, 2.05) is 0 Å². The molecule has 120 valence electrons. The van der Waals surface area contributed by atoms with Gasteiger partial charge in [-0.1, -0.05) is 20.8 Å². The SMILES string of the molecule is CC(NC(=O)C(C)(C)C)C(=O)N[C@@H](CCC(N)=O)C(=O)O. The van der Waals surface area contributed by atoms with Crippen LogP contribution in [0.2, 0.25) is 0 Å². The third kappa shape index (κ3) is 7.28. The quantitative estimate of drug-likeness (QED) is 0.496. The van der Waals surface area contributed by atoms with Gasteiger partial charge >= 0.3 is 5.97 Å². The zero-order valence-corrected chi connectivity index (χ0v) is 12.7. The number of amides is 3. The zero-order chi connectivity index (χ0) is 16.8. The fourth-order valence-corrected chi connectivity index (χ4v) is 1.32. The molecule has 0 saturated heterocycles. The maximum atomic E-state index is 11.9. The van der Waals surface area contributed by atoms with Crippen molar-refractivity contribution in [3.63, 3.8) is 0 Å². The number of hydrogen-bond donors (Lipinski definition) is 4. The molecule has 0 aromatic carbocycles. The lowest BCUT2D eigenvalue weighted by atomic mass is 9.95.